The molecule has 0 spiro atoms. The first-order valence-electron chi connectivity index (χ1n) is 3.94. The summed E-state index contributed by atoms with van der Waals surface area (Å²) in [5.74, 6) is 0. The van der Waals surface area contributed by atoms with Gasteiger partial charge in [-0.1, -0.05) is 13.8 Å². The molecule has 0 unspecified atom stereocenters. The van der Waals surface area contributed by atoms with Gasteiger partial charge in [-0.15, -0.1) is 11.3 Å². The van der Waals surface area contributed by atoms with Gasteiger partial charge in [0.25, 0.3) is 0 Å². The largest absolute Gasteiger partial charge is 0.330 e. The highest BCUT2D eigenvalue weighted by atomic mass is 32.1. The fourth-order valence-electron chi connectivity index (χ4n) is 1.06. The van der Waals surface area contributed by atoms with Crippen LogP contribution in [0, 0.1) is 12.1 Å². The van der Waals surface area contributed by atoms with Crippen LogP contribution >= 0.6 is 11.3 Å². The highest BCUT2D eigenvalue weighted by Crippen LogP contribution is 2.30. The first-order chi connectivity index (χ1) is 5.47. The average molecular weight is 187 g/mol. The lowest BCUT2D eigenvalue weighted by atomic mass is 9.86. The van der Waals surface area contributed by atoms with E-state index in [1.165, 1.54) is 11.3 Å². The monoisotopic (exact) mass is 187 g/mol. The van der Waals surface area contributed by atoms with E-state index in [2.05, 4.69) is 0 Å². The van der Waals surface area contributed by atoms with Crippen LogP contribution in [0.4, 0.5) is 4.39 Å². The van der Waals surface area contributed by atoms with E-state index in [1.807, 2.05) is 26.8 Å². The van der Waals surface area contributed by atoms with E-state index in [4.69, 9.17) is 5.73 Å². The van der Waals surface area contributed by atoms with Crippen LogP contribution in [0.2, 0.25) is 0 Å². The lowest BCUT2D eigenvalue weighted by Gasteiger charge is -2.20. The number of hydrogen-bond acceptors (Lipinski definition) is 2. The van der Waals surface area contributed by atoms with Gasteiger partial charge in [-0.25, -0.2) is 0 Å². The molecule has 0 saturated heterocycles. The smallest absolute Gasteiger partial charge is 0.180 e. The Labute approximate surface area is 76.4 Å². The minimum absolute atomic E-state index is 0.0945. The third-order valence-corrected chi connectivity index (χ3v) is 2.89. The van der Waals surface area contributed by atoms with E-state index >= 15 is 0 Å². The van der Waals surface area contributed by atoms with Gasteiger partial charge >= 0.3 is 0 Å². The van der Waals surface area contributed by atoms with Gasteiger partial charge in [0.05, 0.1) is 0 Å². The third-order valence-electron chi connectivity index (χ3n) is 2.05. The maximum atomic E-state index is 13.3. The zero-order valence-electron chi connectivity index (χ0n) is 7.65. The molecule has 0 radical (unpaired) electrons. The molecule has 1 rings (SSSR count). The van der Waals surface area contributed by atoms with Crippen molar-refractivity contribution in [2.24, 2.45) is 5.73 Å². The molecule has 0 bridgehead atoms. The van der Waals surface area contributed by atoms with Gasteiger partial charge in [0.15, 0.2) is 5.13 Å². The van der Waals surface area contributed by atoms with Crippen LogP contribution < -0.4 is 5.73 Å². The first-order valence-corrected chi connectivity index (χ1v) is 4.75. The van der Waals surface area contributed by atoms with Gasteiger partial charge in [0.1, 0.15) is 0 Å². The summed E-state index contributed by atoms with van der Waals surface area (Å²) in [6, 6.07) is 1.88. The summed E-state index contributed by atoms with van der Waals surface area (Å²) in [5.41, 5.74) is 6.06. The van der Waals surface area contributed by atoms with Crippen molar-refractivity contribution >= 4 is 11.3 Å². The van der Waals surface area contributed by atoms with Crippen LogP contribution in [0.5, 0.6) is 0 Å². The average Bonchev–Trinajstić information content (AvgIpc) is 2.31. The van der Waals surface area contributed by atoms with Crippen molar-refractivity contribution in [2.75, 3.05) is 6.54 Å². The summed E-state index contributed by atoms with van der Waals surface area (Å²) < 4.78 is 13.3. The van der Waals surface area contributed by atoms with Gasteiger partial charge in [-0.05, 0) is 13.0 Å². The van der Waals surface area contributed by atoms with Gasteiger partial charge in [-0.3, -0.25) is 0 Å². The van der Waals surface area contributed by atoms with Crippen LogP contribution in [-0.2, 0) is 5.41 Å². The second kappa shape index (κ2) is 3.15. The Morgan fingerprint density at radius 3 is 2.50 bits per heavy atom. The second-order valence-electron chi connectivity index (χ2n) is 3.63. The van der Waals surface area contributed by atoms with Crippen LogP contribution in [0.1, 0.15) is 24.3 Å². The van der Waals surface area contributed by atoms with Gasteiger partial charge < -0.3 is 5.73 Å². The van der Waals surface area contributed by atoms with Crippen molar-refractivity contribution in [3.8, 4) is 0 Å². The molecule has 0 amide bonds. The first kappa shape index (κ1) is 9.68. The molecule has 0 aliphatic carbocycles. The standard InChI is InChI=1S/C9H14FNS/c1-6-4-7(8(10)12-6)9(2,3)5-11/h4H,5,11H2,1-3H3. The fraction of sp³-hybridized carbons (Fsp3) is 0.556. The summed E-state index contributed by atoms with van der Waals surface area (Å²) >= 11 is 1.19. The highest BCUT2D eigenvalue weighted by molar-refractivity contribution is 7.10. The van der Waals surface area contributed by atoms with Crippen molar-refractivity contribution in [2.45, 2.75) is 26.2 Å². The Balaban J connectivity index is 3.09. The SMILES string of the molecule is Cc1cc(C(C)(C)CN)c(F)s1. The summed E-state index contributed by atoms with van der Waals surface area (Å²) in [7, 11) is 0. The number of rotatable bonds is 2. The van der Waals surface area contributed by atoms with E-state index in [-0.39, 0.29) is 10.5 Å². The molecule has 2 N–H and O–H groups in total. The summed E-state index contributed by atoms with van der Waals surface area (Å²) in [5, 5.41) is -0.0945. The molecule has 68 valence electrons. The Morgan fingerprint density at radius 1 is 1.58 bits per heavy atom. The molecule has 0 aromatic carbocycles. The molecular formula is C9H14FNS. The molecule has 0 fully saturated rings. The number of nitrogens with two attached hydrogens (primary N) is 1. The number of aryl methyl sites for hydroxylation is 1. The van der Waals surface area contributed by atoms with Crippen molar-refractivity contribution in [1.29, 1.82) is 0 Å². The van der Waals surface area contributed by atoms with E-state index < -0.39 is 0 Å². The molecular weight excluding hydrogens is 173 g/mol. The quantitative estimate of drug-likeness (QED) is 0.756. The van der Waals surface area contributed by atoms with E-state index in [0.29, 0.717) is 6.54 Å². The molecule has 1 nitrogen and oxygen atoms in total. The molecule has 1 heterocycles. The molecule has 3 heteroatoms. The molecule has 1 aromatic rings. The lowest BCUT2D eigenvalue weighted by Crippen LogP contribution is -2.28. The predicted octanol–water partition coefficient (Wildman–Crippen LogP) is 2.43. The zero-order valence-corrected chi connectivity index (χ0v) is 8.46. The summed E-state index contributed by atoms with van der Waals surface area (Å²) in [4.78, 5) is 1.00. The summed E-state index contributed by atoms with van der Waals surface area (Å²) in [6.45, 7) is 6.29. The van der Waals surface area contributed by atoms with Gasteiger partial charge in [-0.2, -0.15) is 4.39 Å². The van der Waals surface area contributed by atoms with Crippen LogP contribution in [0.25, 0.3) is 0 Å². The molecule has 0 saturated carbocycles. The van der Waals surface area contributed by atoms with Crippen LogP contribution in [-0.4, -0.2) is 6.54 Å². The molecule has 12 heavy (non-hydrogen) atoms. The fourth-order valence-corrected chi connectivity index (χ4v) is 1.96. The highest BCUT2D eigenvalue weighted by Gasteiger charge is 2.23. The van der Waals surface area contributed by atoms with E-state index in [1.54, 1.807) is 0 Å². The minimum atomic E-state index is -0.241. The normalized spacial score (nSPS) is 12.1. The summed E-state index contributed by atoms with van der Waals surface area (Å²) in [6.07, 6.45) is 0. The van der Waals surface area contributed by atoms with E-state index in [0.717, 1.165) is 10.4 Å². The number of halogens is 1. The van der Waals surface area contributed by atoms with Crippen molar-refractivity contribution in [3.63, 3.8) is 0 Å². The Bertz CT molecular complexity index is 278. The maximum absolute atomic E-state index is 13.3. The molecule has 0 aliphatic rings. The predicted molar refractivity (Wildman–Crippen MR) is 51.1 cm³/mol. The molecule has 1 aromatic heterocycles. The molecule has 0 aliphatic heterocycles. The van der Waals surface area contributed by atoms with Gasteiger partial charge in [0, 0.05) is 22.4 Å². The Hall–Kier alpha value is -0.410. The topological polar surface area (TPSA) is 26.0 Å². The van der Waals surface area contributed by atoms with Gasteiger partial charge in [0.2, 0.25) is 0 Å². The van der Waals surface area contributed by atoms with Crippen LogP contribution in [0.3, 0.4) is 0 Å². The third kappa shape index (κ3) is 1.67. The Morgan fingerprint density at radius 2 is 2.17 bits per heavy atom. The van der Waals surface area contributed by atoms with Crippen molar-refractivity contribution in [1.82, 2.24) is 0 Å². The van der Waals surface area contributed by atoms with Crippen LogP contribution in [0.15, 0.2) is 6.07 Å². The van der Waals surface area contributed by atoms with E-state index in [9.17, 15) is 4.39 Å². The maximum Gasteiger partial charge on any atom is 0.180 e. The van der Waals surface area contributed by atoms with Crippen molar-refractivity contribution < 1.29 is 4.39 Å². The number of thiophene rings is 1. The zero-order chi connectivity index (χ0) is 9.35. The molecule has 0 atom stereocenters. The lowest BCUT2D eigenvalue weighted by molar-refractivity contribution is 0.504. The van der Waals surface area contributed by atoms with Crippen molar-refractivity contribution in [3.05, 3.63) is 21.6 Å². The number of hydrogen-bond donors (Lipinski definition) is 1. The second-order valence-corrected chi connectivity index (χ2v) is 4.84. The Kier molecular flexibility index (Phi) is 2.54. The minimum Gasteiger partial charge on any atom is -0.330 e.